The average Bonchev–Trinajstić information content (AvgIpc) is 2.62. The highest BCUT2D eigenvalue weighted by atomic mass is 79.9. The van der Waals surface area contributed by atoms with Gasteiger partial charge in [-0.25, -0.2) is 4.79 Å². The Morgan fingerprint density at radius 1 is 1.39 bits per heavy atom. The highest BCUT2D eigenvalue weighted by Crippen LogP contribution is 2.22. The van der Waals surface area contributed by atoms with Crippen LogP contribution in [0.15, 0.2) is 15.9 Å². The van der Waals surface area contributed by atoms with E-state index in [2.05, 4.69) is 15.9 Å². The molecule has 0 saturated heterocycles. The summed E-state index contributed by atoms with van der Waals surface area (Å²) >= 11 is 4.65. The zero-order valence-corrected chi connectivity index (χ0v) is 13.2. The molecule has 0 saturated carbocycles. The van der Waals surface area contributed by atoms with Crippen molar-refractivity contribution < 1.29 is 14.3 Å². The van der Waals surface area contributed by atoms with Crippen LogP contribution in [0.25, 0.3) is 0 Å². The molecule has 0 bridgehead atoms. The fourth-order valence-corrected chi connectivity index (χ4v) is 2.48. The van der Waals surface area contributed by atoms with Crippen LogP contribution in [0.5, 0.6) is 0 Å². The number of hydrogen-bond acceptors (Lipinski definition) is 4. The Kier molecular flexibility index (Phi) is 4.92. The van der Waals surface area contributed by atoms with E-state index in [9.17, 15) is 9.59 Å². The normalized spacial score (nSPS) is 11.2. The summed E-state index contributed by atoms with van der Waals surface area (Å²) in [5.74, 6) is -0.0981. The Balaban J connectivity index is 2.57. The molecule has 0 aliphatic rings. The van der Waals surface area contributed by atoms with Crippen molar-refractivity contribution in [2.75, 3.05) is 13.6 Å². The van der Waals surface area contributed by atoms with Crippen molar-refractivity contribution in [2.24, 2.45) is 0 Å². The molecule has 0 radical (unpaired) electrons. The second-order valence-electron chi connectivity index (χ2n) is 4.86. The fraction of sp³-hybridized carbons (Fsp3) is 0.500. The van der Waals surface area contributed by atoms with Crippen LogP contribution in [0, 0.1) is 0 Å². The van der Waals surface area contributed by atoms with E-state index in [4.69, 9.17) is 4.74 Å². The largest absolute Gasteiger partial charge is 0.444 e. The molecule has 0 fully saturated rings. The quantitative estimate of drug-likeness (QED) is 0.794. The maximum absolute atomic E-state index is 11.9. The van der Waals surface area contributed by atoms with Gasteiger partial charge in [0, 0.05) is 7.05 Å². The molecule has 1 heterocycles. The fourth-order valence-electron chi connectivity index (χ4n) is 1.16. The number of Topliss-reactive ketones (excluding diaryl/α,β-unsaturated/α-hetero) is 1. The van der Waals surface area contributed by atoms with Crippen molar-refractivity contribution in [3.63, 3.8) is 0 Å². The predicted octanol–water partition coefficient (Wildman–Crippen LogP) is 3.56. The highest BCUT2D eigenvalue weighted by Gasteiger charge is 2.21. The van der Waals surface area contributed by atoms with Gasteiger partial charge < -0.3 is 9.64 Å². The van der Waals surface area contributed by atoms with Crippen molar-refractivity contribution in [3.05, 3.63) is 20.8 Å². The number of rotatable bonds is 3. The van der Waals surface area contributed by atoms with Gasteiger partial charge in [0.1, 0.15) is 5.60 Å². The van der Waals surface area contributed by atoms with Gasteiger partial charge in [-0.3, -0.25) is 4.79 Å². The van der Waals surface area contributed by atoms with E-state index in [1.54, 1.807) is 33.9 Å². The van der Waals surface area contributed by atoms with Crippen LogP contribution in [0.1, 0.15) is 30.4 Å². The summed E-state index contributed by atoms with van der Waals surface area (Å²) in [6.45, 7) is 5.38. The smallest absolute Gasteiger partial charge is 0.410 e. The number of thiophene rings is 1. The Bertz CT molecular complexity index is 450. The summed E-state index contributed by atoms with van der Waals surface area (Å²) in [4.78, 5) is 25.5. The van der Waals surface area contributed by atoms with Crippen LogP contribution in [-0.4, -0.2) is 36.0 Å². The second-order valence-corrected chi connectivity index (χ2v) is 7.33. The highest BCUT2D eigenvalue weighted by molar-refractivity contribution is 9.11. The lowest BCUT2D eigenvalue weighted by Gasteiger charge is -2.24. The van der Waals surface area contributed by atoms with E-state index in [1.807, 2.05) is 6.07 Å². The number of ether oxygens (including phenoxy) is 1. The van der Waals surface area contributed by atoms with Crippen LogP contribution in [0.2, 0.25) is 0 Å². The van der Waals surface area contributed by atoms with Gasteiger partial charge in [-0.05, 0) is 48.8 Å². The molecule has 6 heteroatoms. The third-order valence-corrected chi connectivity index (χ3v) is 3.60. The summed E-state index contributed by atoms with van der Waals surface area (Å²) in [7, 11) is 1.55. The van der Waals surface area contributed by atoms with Crippen LogP contribution in [0.4, 0.5) is 4.79 Å². The summed E-state index contributed by atoms with van der Waals surface area (Å²) in [6, 6.07) is 3.55. The zero-order chi connectivity index (χ0) is 13.9. The molecule has 100 valence electrons. The van der Waals surface area contributed by atoms with E-state index in [-0.39, 0.29) is 12.3 Å². The molecule has 0 aliphatic heterocycles. The molecule has 0 aromatic carbocycles. The molecule has 0 atom stereocenters. The number of halogens is 1. The first-order chi connectivity index (χ1) is 8.19. The van der Waals surface area contributed by atoms with Gasteiger partial charge in [0.15, 0.2) is 5.78 Å². The predicted molar refractivity (Wildman–Crippen MR) is 75.2 cm³/mol. The van der Waals surface area contributed by atoms with Crippen LogP contribution in [0.3, 0.4) is 0 Å². The van der Waals surface area contributed by atoms with Crippen molar-refractivity contribution in [1.82, 2.24) is 4.90 Å². The molecule has 1 aromatic rings. The molecule has 0 N–H and O–H groups in total. The number of nitrogens with zero attached hydrogens (tertiary/aromatic N) is 1. The third-order valence-electron chi connectivity index (χ3n) is 1.93. The number of ketones is 1. The molecule has 0 unspecified atom stereocenters. The van der Waals surface area contributed by atoms with Crippen molar-refractivity contribution in [1.29, 1.82) is 0 Å². The van der Waals surface area contributed by atoms with E-state index in [0.29, 0.717) is 4.88 Å². The van der Waals surface area contributed by atoms with Crippen molar-refractivity contribution in [2.45, 2.75) is 26.4 Å². The van der Waals surface area contributed by atoms with Gasteiger partial charge in [-0.2, -0.15) is 0 Å². The Morgan fingerprint density at radius 3 is 2.44 bits per heavy atom. The molecule has 4 nitrogen and oxygen atoms in total. The van der Waals surface area contributed by atoms with E-state index < -0.39 is 11.7 Å². The first kappa shape index (κ1) is 15.2. The summed E-state index contributed by atoms with van der Waals surface area (Å²) in [5.41, 5.74) is -0.555. The monoisotopic (exact) mass is 333 g/mol. The minimum atomic E-state index is -0.555. The molecule has 0 spiro atoms. The maximum Gasteiger partial charge on any atom is 0.410 e. The number of amides is 1. The van der Waals surface area contributed by atoms with Crippen molar-refractivity contribution in [3.8, 4) is 0 Å². The minimum absolute atomic E-state index is 0.0157. The Labute approximate surface area is 119 Å². The number of carbonyl (C=O) groups is 2. The molecule has 1 rings (SSSR count). The topological polar surface area (TPSA) is 46.6 Å². The lowest BCUT2D eigenvalue weighted by atomic mass is 10.2. The first-order valence-corrected chi connectivity index (χ1v) is 7.02. The summed E-state index contributed by atoms with van der Waals surface area (Å²) in [5, 5.41) is 0. The van der Waals surface area contributed by atoms with Crippen LogP contribution < -0.4 is 0 Å². The zero-order valence-electron chi connectivity index (χ0n) is 10.8. The van der Waals surface area contributed by atoms with E-state index in [0.717, 1.165) is 3.79 Å². The van der Waals surface area contributed by atoms with Gasteiger partial charge in [-0.15, -0.1) is 11.3 Å². The van der Waals surface area contributed by atoms with Crippen LogP contribution >= 0.6 is 27.3 Å². The molecule has 18 heavy (non-hydrogen) atoms. The SMILES string of the molecule is CN(CC(=O)c1ccc(Br)s1)C(=O)OC(C)(C)C. The average molecular weight is 334 g/mol. The second kappa shape index (κ2) is 5.84. The third kappa shape index (κ3) is 4.78. The summed E-state index contributed by atoms with van der Waals surface area (Å²) in [6.07, 6.45) is -0.494. The number of carbonyl (C=O) groups excluding carboxylic acids is 2. The molecule has 1 aromatic heterocycles. The standard InChI is InChI=1S/C12H16BrNO3S/c1-12(2,3)17-11(16)14(4)7-8(15)9-5-6-10(13)18-9/h5-6H,7H2,1-4H3. The van der Waals surface area contributed by atoms with Gasteiger partial charge in [-0.1, -0.05) is 0 Å². The van der Waals surface area contributed by atoms with E-state index in [1.165, 1.54) is 16.2 Å². The van der Waals surface area contributed by atoms with Crippen LogP contribution in [-0.2, 0) is 4.74 Å². The molecule has 1 amide bonds. The van der Waals surface area contributed by atoms with Gasteiger partial charge >= 0.3 is 6.09 Å². The van der Waals surface area contributed by atoms with Gasteiger partial charge in [0.25, 0.3) is 0 Å². The maximum atomic E-state index is 11.9. The lowest BCUT2D eigenvalue weighted by molar-refractivity contribution is 0.0295. The summed E-state index contributed by atoms with van der Waals surface area (Å²) < 4.78 is 6.06. The van der Waals surface area contributed by atoms with Crippen molar-refractivity contribution >= 4 is 39.1 Å². The lowest BCUT2D eigenvalue weighted by Crippen LogP contribution is -2.37. The minimum Gasteiger partial charge on any atom is -0.444 e. The molecular formula is C12H16BrNO3S. The van der Waals surface area contributed by atoms with Gasteiger partial charge in [0.05, 0.1) is 15.2 Å². The molecule has 0 aliphatic carbocycles. The Morgan fingerprint density at radius 2 is 2.00 bits per heavy atom. The first-order valence-electron chi connectivity index (χ1n) is 5.42. The van der Waals surface area contributed by atoms with Gasteiger partial charge in [0.2, 0.25) is 0 Å². The number of likely N-dealkylation sites (N-methyl/N-ethyl adjacent to an activating group) is 1. The number of hydrogen-bond donors (Lipinski definition) is 0. The Hall–Kier alpha value is -0.880. The molecular weight excluding hydrogens is 318 g/mol. The van der Waals surface area contributed by atoms with E-state index >= 15 is 0 Å².